The molecule has 0 aliphatic carbocycles. The quantitative estimate of drug-likeness (QED) is 0.879. The Kier molecular flexibility index (Phi) is 4.48. The Morgan fingerprint density at radius 3 is 3.06 bits per heavy atom. The van der Waals surface area contributed by atoms with Gasteiger partial charge in [0, 0.05) is 17.2 Å². The highest BCUT2D eigenvalue weighted by molar-refractivity contribution is 7.99. The van der Waals surface area contributed by atoms with Crippen molar-refractivity contribution in [3.63, 3.8) is 0 Å². The molecule has 1 aromatic heterocycles. The molecule has 18 heavy (non-hydrogen) atoms. The molecule has 0 saturated carbocycles. The number of nitrogens with one attached hydrogen (secondary N) is 1. The van der Waals surface area contributed by atoms with Gasteiger partial charge in [0.1, 0.15) is 6.04 Å². The fourth-order valence-electron chi connectivity index (χ4n) is 1.70. The van der Waals surface area contributed by atoms with Crippen LogP contribution < -0.4 is 5.32 Å². The van der Waals surface area contributed by atoms with E-state index in [0.717, 1.165) is 6.42 Å². The first-order valence-electron chi connectivity index (χ1n) is 5.56. The minimum absolute atomic E-state index is 0.288. The number of urea groups is 1. The maximum Gasteiger partial charge on any atom is 0.327 e. The second-order valence-electron chi connectivity index (χ2n) is 3.89. The highest BCUT2D eigenvalue weighted by Crippen LogP contribution is 2.20. The van der Waals surface area contributed by atoms with Crippen molar-refractivity contribution in [3.8, 4) is 0 Å². The monoisotopic (exact) mass is 286 g/mol. The summed E-state index contributed by atoms with van der Waals surface area (Å²) < 4.78 is 0. The third-order valence-corrected chi connectivity index (χ3v) is 4.60. The Bertz CT molecular complexity index is 422. The van der Waals surface area contributed by atoms with Crippen LogP contribution in [0.15, 0.2) is 17.5 Å². The normalized spacial score (nSPS) is 18.9. The van der Waals surface area contributed by atoms with Crippen LogP contribution in [0.1, 0.15) is 4.88 Å². The fourth-order valence-corrected chi connectivity index (χ4v) is 3.55. The van der Waals surface area contributed by atoms with Crippen molar-refractivity contribution in [2.75, 3.05) is 18.2 Å². The van der Waals surface area contributed by atoms with Gasteiger partial charge in [0.2, 0.25) is 0 Å². The Morgan fingerprint density at radius 1 is 1.56 bits per heavy atom. The first-order chi connectivity index (χ1) is 8.68. The van der Waals surface area contributed by atoms with E-state index in [1.165, 1.54) is 21.5 Å². The average Bonchev–Trinajstić information content (AvgIpc) is 2.99. The molecule has 1 saturated heterocycles. The van der Waals surface area contributed by atoms with Gasteiger partial charge in [-0.2, -0.15) is 0 Å². The number of rotatable bonds is 4. The summed E-state index contributed by atoms with van der Waals surface area (Å²) in [6, 6.07) is 3.00. The maximum atomic E-state index is 11.8. The lowest BCUT2D eigenvalue weighted by Crippen LogP contribution is -2.47. The van der Waals surface area contributed by atoms with Gasteiger partial charge >= 0.3 is 12.0 Å². The van der Waals surface area contributed by atoms with Crippen LogP contribution in [0.5, 0.6) is 0 Å². The van der Waals surface area contributed by atoms with Crippen LogP contribution in [-0.2, 0) is 11.2 Å². The summed E-state index contributed by atoms with van der Waals surface area (Å²) >= 11 is 3.11. The van der Waals surface area contributed by atoms with Gasteiger partial charge in [0.15, 0.2) is 0 Å². The van der Waals surface area contributed by atoms with Gasteiger partial charge in [-0.3, -0.25) is 0 Å². The van der Waals surface area contributed by atoms with Gasteiger partial charge in [-0.15, -0.1) is 23.1 Å². The predicted molar refractivity (Wildman–Crippen MR) is 72.0 cm³/mol. The first kappa shape index (κ1) is 13.2. The second-order valence-corrected chi connectivity index (χ2v) is 5.92. The van der Waals surface area contributed by atoms with E-state index in [4.69, 9.17) is 5.11 Å². The standard InChI is InChI=1S/C11H14N2O3S2/c14-10(15)9-6-17-7-13(9)11(16)12-4-3-8-2-1-5-18-8/h1-2,5,9H,3-4,6-7H2,(H,12,16)(H,14,15)/t9-/m0/s1. The number of thiophene rings is 1. The van der Waals surface area contributed by atoms with E-state index in [-0.39, 0.29) is 6.03 Å². The Hall–Kier alpha value is -1.21. The molecule has 0 bridgehead atoms. The zero-order valence-electron chi connectivity index (χ0n) is 9.67. The lowest BCUT2D eigenvalue weighted by Gasteiger charge is -2.20. The molecule has 1 aromatic rings. The summed E-state index contributed by atoms with van der Waals surface area (Å²) in [4.78, 5) is 25.4. The number of thioether (sulfide) groups is 1. The molecule has 0 spiro atoms. The van der Waals surface area contributed by atoms with Gasteiger partial charge in [0.25, 0.3) is 0 Å². The van der Waals surface area contributed by atoms with Gasteiger partial charge in [-0.05, 0) is 17.9 Å². The van der Waals surface area contributed by atoms with E-state index in [2.05, 4.69) is 5.32 Å². The number of nitrogens with zero attached hydrogens (tertiary/aromatic N) is 1. The third-order valence-electron chi connectivity index (χ3n) is 2.66. The SMILES string of the molecule is O=C(O)[C@@H]1CSCN1C(=O)NCCc1cccs1. The highest BCUT2D eigenvalue weighted by Gasteiger charge is 2.34. The largest absolute Gasteiger partial charge is 0.480 e. The van der Waals surface area contributed by atoms with Crippen molar-refractivity contribution in [1.82, 2.24) is 10.2 Å². The van der Waals surface area contributed by atoms with E-state index in [1.807, 2.05) is 17.5 Å². The van der Waals surface area contributed by atoms with Crippen LogP contribution in [0, 0.1) is 0 Å². The van der Waals surface area contributed by atoms with Crippen LogP contribution in [0.4, 0.5) is 4.79 Å². The zero-order valence-corrected chi connectivity index (χ0v) is 11.3. The van der Waals surface area contributed by atoms with Crippen LogP contribution in [0.25, 0.3) is 0 Å². The lowest BCUT2D eigenvalue weighted by molar-refractivity contribution is -0.140. The summed E-state index contributed by atoms with van der Waals surface area (Å²) in [6.45, 7) is 0.535. The van der Waals surface area contributed by atoms with E-state index in [1.54, 1.807) is 11.3 Å². The molecule has 0 radical (unpaired) electrons. The summed E-state index contributed by atoms with van der Waals surface area (Å²) in [5.41, 5.74) is 0. The highest BCUT2D eigenvalue weighted by atomic mass is 32.2. The van der Waals surface area contributed by atoms with E-state index in [0.29, 0.717) is 18.2 Å². The number of carbonyl (C=O) groups is 2. The van der Waals surface area contributed by atoms with Crippen molar-refractivity contribution in [2.45, 2.75) is 12.5 Å². The molecule has 2 amide bonds. The van der Waals surface area contributed by atoms with Crippen molar-refractivity contribution < 1.29 is 14.7 Å². The van der Waals surface area contributed by atoms with Gasteiger partial charge < -0.3 is 15.3 Å². The minimum atomic E-state index is -0.937. The van der Waals surface area contributed by atoms with Crippen LogP contribution in [0.2, 0.25) is 0 Å². The average molecular weight is 286 g/mol. The Morgan fingerprint density at radius 2 is 2.39 bits per heavy atom. The molecule has 1 aliphatic rings. The second kappa shape index (κ2) is 6.10. The minimum Gasteiger partial charge on any atom is -0.480 e. The molecule has 2 N–H and O–H groups in total. The molecule has 1 aliphatic heterocycles. The van der Waals surface area contributed by atoms with Crippen LogP contribution in [-0.4, -0.2) is 46.2 Å². The van der Waals surface area contributed by atoms with E-state index in [9.17, 15) is 9.59 Å². The molecular formula is C11H14N2O3S2. The maximum absolute atomic E-state index is 11.8. The molecule has 1 atom stereocenters. The lowest BCUT2D eigenvalue weighted by atomic mass is 10.3. The van der Waals surface area contributed by atoms with Crippen LogP contribution in [0.3, 0.4) is 0 Å². The van der Waals surface area contributed by atoms with Crippen molar-refractivity contribution >= 4 is 35.1 Å². The number of aliphatic carboxylic acids is 1. The molecule has 2 rings (SSSR count). The smallest absolute Gasteiger partial charge is 0.327 e. The van der Waals surface area contributed by atoms with Crippen molar-refractivity contribution in [2.24, 2.45) is 0 Å². The van der Waals surface area contributed by atoms with Crippen LogP contribution >= 0.6 is 23.1 Å². The van der Waals surface area contributed by atoms with Gasteiger partial charge in [0.05, 0.1) is 5.88 Å². The summed E-state index contributed by atoms with van der Waals surface area (Å²) in [7, 11) is 0. The molecule has 2 heterocycles. The number of carbonyl (C=O) groups excluding carboxylic acids is 1. The first-order valence-corrected chi connectivity index (χ1v) is 7.59. The summed E-state index contributed by atoms with van der Waals surface area (Å²) in [5, 5.41) is 13.7. The fraction of sp³-hybridized carbons (Fsp3) is 0.455. The zero-order chi connectivity index (χ0) is 13.0. The van der Waals surface area contributed by atoms with Gasteiger partial charge in [-0.1, -0.05) is 6.07 Å². The number of hydrogen-bond acceptors (Lipinski definition) is 4. The summed E-state index contributed by atoms with van der Waals surface area (Å²) in [5.74, 6) is -0.0245. The molecule has 0 aromatic carbocycles. The molecule has 1 fully saturated rings. The molecule has 7 heteroatoms. The molecule has 5 nitrogen and oxygen atoms in total. The number of amides is 2. The topological polar surface area (TPSA) is 69.6 Å². The van der Waals surface area contributed by atoms with Crippen molar-refractivity contribution in [3.05, 3.63) is 22.4 Å². The predicted octanol–water partition coefficient (Wildman–Crippen LogP) is 1.46. The molecule has 0 unspecified atom stereocenters. The number of carboxylic acids is 1. The summed E-state index contributed by atoms with van der Waals surface area (Å²) in [6.07, 6.45) is 0.780. The third kappa shape index (κ3) is 3.17. The van der Waals surface area contributed by atoms with E-state index < -0.39 is 12.0 Å². The van der Waals surface area contributed by atoms with E-state index >= 15 is 0 Å². The molecule has 98 valence electrons. The number of hydrogen-bond donors (Lipinski definition) is 2. The Labute approximate surface area is 113 Å². The molecular weight excluding hydrogens is 272 g/mol. The van der Waals surface area contributed by atoms with Crippen molar-refractivity contribution in [1.29, 1.82) is 0 Å². The number of carboxylic acid groups (broad SMARTS) is 1. The Balaban J connectivity index is 1.79. The van der Waals surface area contributed by atoms with Gasteiger partial charge in [-0.25, -0.2) is 9.59 Å².